The summed E-state index contributed by atoms with van der Waals surface area (Å²) < 4.78 is 0. The first-order valence-corrected chi connectivity index (χ1v) is 11.7. The zero-order valence-corrected chi connectivity index (χ0v) is 18.9. The van der Waals surface area contributed by atoms with E-state index in [1.165, 1.54) is 4.90 Å². The van der Waals surface area contributed by atoms with E-state index in [0.29, 0.717) is 5.69 Å². The molecule has 2 aromatic rings. The topological polar surface area (TPSA) is 66.5 Å². The van der Waals surface area contributed by atoms with Crippen molar-refractivity contribution >= 4 is 66.0 Å². The molecule has 7 atom stereocenters. The minimum absolute atomic E-state index is 0.143. The molecule has 150 valence electrons. The molecule has 2 saturated carbocycles. The predicted octanol–water partition coefficient (Wildman–Crippen LogP) is 3.94. The average molecular weight is 520 g/mol. The summed E-state index contributed by atoms with van der Waals surface area (Å²) in [6.07, 6.45) is 0.878. The van der Waals surface area contributed by atoms with Crippen LogP contribution in [0.15, 0.2) is 42.5 Å². The fraction of sp³-hybridized carbons (Fsp3) is 0.409. The van der Waals surface area contributed by atoms with Crippen molar-refractivity contribution in [3.05, 3.63) is 42.5 Å². The Bertz CT molecular complexity index is 1000. The Morgan fingerprint density at radius 2 is 1.59 bits per heavy atom. The lowest BCUT2D eigenvalue weighted by Crippen LogP contribution is -2.46. The SMILES string of the molecule is C[C@H](C(=O)Nc1cccc2ccccc12)N1C(=O)[C@H]2[C@@H]3C[C@H]([C@@H](Br)[C@H]3Br)[C@@H]2C1=O. The van der Waals surface area contributed by atoms with Gasteiger partial charge in [-0.15, -0.1) is 0 Å². The number of likely N-dealkylation sites (tertiary alicyclic amines) is 1. The fourth-order valence-corrected chi connectivity index (χ4v) is 7.32. The Kier molecular flexibility index (Phi) is 4.59. The Morgan fingerprint density at radius 3 is 2.24 bits per heavy atom. The van der Waals surface area contributed by atoms with Crippen LogP contribution in [0.5, 0.6) is 0 Å². The third-order valence-corrected chi connectivity index (χ3v) is 10.0. The van der Waals surface area contributed by atoms with Gasteiger partial charge >= 0.3 is 0 Å². The van der Waals surface area contributed by atoms with Crippen LogP contribution < -0.4 is 5.32 Å². The Hall–Kier alpha value is -1.73. The number of imide groups is 1. The number of alkyl halides is 2. The van der Waals surface area contributed by atoms with E-state index in [9.17, 15) is 14.4 Å². The molecule has 3 aliphatic rings. The number of anilines is 1. The molecule has 3 fully saturated rings. The van der Waals surface area contributed by atoms with Gasteiger partial charge in [-0.25, -0.2) is 0 Å². The fourth-order valence-electron chi connectivity index (χ4n) is 5.44. The number of carbonyl (C=O) groups is 3. The largest absolute Gasteiger partial charge is 0.324 e. The molecule has 5 rings (SSSR count). The van der Waals surface area contributed by atoms with Gasteiger partial charge in [0.05, 0.1) is 11.8 Å². The van der Waals surface area contributed by atoms with Crippen LogP contribution in [0.25, 0.3) is 10.8 Å². The molecular weight excluding hydrogens is 500 g/mol. The quantitative estimate of drug-likeness (QED) is 0.493. The van der Waals surface area contributed by atoms with Crippen molar-refractivity contribution in [1.82, 2.24) is 4.90 Å². The monoisotopic (exact) mass is 518 g/mol. The maximum Gasteiger partial charge on any atom is 0.247 e. The van der Waals surface area contributed by atoms with Crippen molar-refractivity contribution in [2.24, 2.45) is 23.7 Å². The molecule has 7 heteroatoms. The second kappa shape index (κ2) is 6.91. The van der Waals surface area contributed by atoms with Gasteiger partial charge < -0.3 is 5.32 Å². The van der Waals surface area contributed by atoms with Gasteiger partial charge in [0.25, 0.3) is 0 Å². The first kappa shape index (κ1) is 19.2. The number of amides is 3. The molecule has 2 aromatic carbocycles. The minimum atomic E-state index is -0.846. The Morgan fingerprint density at radius 1 is 1.00 bits per heavy atom. The number of carbonyl (C=O) groups excluding carboxylic acids is 3. The molecule has 1 saturated heterocycles. The molecule has 2 aliphatic carbocycles. The highest BCUT2D eigenvalue weighted by atomic mass is 79.9. The first-order chi connectivity index (χ1) is 13.9. The number of hydrogen-bond donors (Lipinski definition) is 1. The number of fused-ring (bicyclic) bond motifs is 6. The highest BCUT2D eigenvalue weighted by molar-refractivity contribution is 9.12. The summed E-state index contributed by atoms with van der Waals surface area (Å²) in [5.41, 5.74) is 0.681. The van der Waals surface area contributed by atoms with E-state index in [1.54, 1.807) is 6.92 Å². The lowest BCUT2D eigenvalue weighted by atomic mass is 9.81. The summed E-state index contributed by atoms with van der Waals surface area (Å²) in [4.78, 5) is 40.8. The van der Waals surface area contributed by atoms with E-state index in [1.807, 2.05) is 42.5 Å². The molecular formula is C22H20Br2N2O3. The molecule has 29 heavy (non-hydrogen) atoms. The van der Waals surface area contributed by atoms with Crippen molar-refractivity contribution < 1.29 is 14.4 Å². The van der Waals surface area contributed by atoms with Crippen LogP contribution in [0.3, 0.4) is 0 Å². The van der Waals surface area contributed by atoms with Crippen molar-refractivity contribution in [3.63, 3.8) is 0 Å². The van der Waals surface area contributed by atoms with Gasteiger partial charge in [-0.2, -0.15) is 0 Å². The van der Waals surface area contributed by atoms with Gasteiger partial charge in [-0.05, 0) is 36.6 Å². The van der Waals surface area contributed by atoms with Gasteiger partial charge in [0.15, 0.2) is 0 Å². The number of benzene rings is 2. The highest BCUT2D eigenvalue weighted by Crippen LogP contribution is 2.60. The van der Waals surface area contributed by atoms with Gasteiger partial charge in [0.2, 0.25) is 17.7 Å². The molecule has 5 nitrogen and oxygen atoms in total. The second-order valence-electron chi connectivity index (χ2n) is 8.24. The van der Waals surface area contributed by atoms with Crippen LogP contribution in [-0.4, -0.2) is 38.3 Å². The minimum Gasteiger partial charge on any atom is -0.324 e. The van der Waals surface area contributed by atoms with E-state index in [-0.39, 0.29) is 51.0 Å². The third kappa shape index (κ3) is 2.73. The summed E-state index contributed by atoms with van der Waals surface area (Å²) in [5.74, 6) is -1.07. The van der Waals surface area contributed by atoms with Gasteiger partial charge in [0.1, 0.15) is 6.04 Å². The van der Waals surface area contributed by atoms with Crippen molar-refractivity contribution in [2.75, 3.05) is 5.32 Å². The predicted molar refractivity (Wildman–Crippen MR) is 118 cm³/mol. The number of hydrogen-bond acceptors (Lipinski definition) is 3. The lowest BCUT2D eigenvalue weighted by molar-refractivity contribution is -0.146. The van der Waals surface area contributed by atoms with Crippen molar-refractivity contribution in [2.45, 2.75) is 29.0 Å². The molecule has 2 bridgehead atoms. The smallest absolute Gasteiger partial charge is 0.247 e. The molecule has 1 N–H and O–H groups in total. The maximum absolute atomic E-state index is 13.1. The Balaban J connectivity index is 1.39. The second-order valence-corrected chi connectivity index (χ2v) is 10.4. The van der Waals surface area contributed by atoms with Crippen molar-refractivity contribution in [3.8, 4) is 0 Å². The molecule has 1 heterocycles. The van der Waals surface area contributed by atoms with Gasteiger partial charge in [-0.3, -0.25) is 19.3 Å². The standard InChI is InChI=1S/C22H20Br2N2O3/c1-10(20(27)25-15-8-4-6-11-5-2-3-7-12(11)15)26-21(28)16-13-9-14(17(16)22(26)29)19(24)18(13)23/h2-8,10,13-14,16-19H,9H2,1H3,(H,25,27)/t10-,13+,14+,16+,17+,18-,19+/m1/s1. The molecule has 0 aromatic heterocycles. The number of rotatable bonds is 3. The molecule has 0 unspecified atom stereocenters. The van der Waals surface area contributed by atoms with Crippen LogP contribution in [0.2, 0.25) is 0 Å². The summed E-state index contributed by atoms with van der Waals surface area (Å²) in [6.45, 7) is 1.64. The third-order valence-electron chi connectivity index (χ3n) is 6.84. The van der Waals surface area contributed by atoms with Crippen LogP contribution in [0.1, 0.15) is 13.3 Å². The summed E-state index contributed by atoms with van der Waals surface area (Å²) in [5, 5.41) is 4.86. The van der Waals surface area contributed by atoms with E-state index in [0.717, 1.165) is 17.2 Å². The zero-order valence-electron chi connectivity index (χ0n) is 15.7. The molecule has 3 amide bonds. The Labute approximate surface area is 185 Å². The van der Waals surface area contributed by atoms with Crippen LogP contribution in [-0.2, 0) is 14.4 Å². The first-order valence-electron chi connectivity index (χ1n) is 9.84. The number of nitrogens with one attached hydrogen (secondary N) is 1. The van der Waals surface area contributed by atoms with E-state index < -0.39 is 6.04 Å². The molecule has 1 aliphatic heterocycles. The van der Waals surface area contributed by atoms with Gasteiger partial charge in [0, 0.05) is 20.7 Å². The maximum atomic E-state index is 13.1. The molecule has 0 spiro atoms. The zero-order chi connectivity index (χ0) is 20.4. The van der Waals surface area contributed by atoms with Gasteiger partial charge in [-0.1, -0.05) is 68.3 Å². The van der Waals surface area contributed by atoms with Crippen LogP contribution in [0.4, 0.5) is 5.69 Å². The van der Waals surface area contributed by atoms with E-state index in [4.69, 9.17) is 0 Å². The summed E-state index contributed by atoms with van der Waals surface area (Å²) in [7, 11) is 0. The number of halogens is 2. The highest BCUT2D eigenvalue weighted by Gasteiger charge is 2.67. The van der Waals surface area contributed by atoms with Crippen LogP contribution in [0, 0.1) is 23.7 Å². The normalized spacial score (nSPS) is 34.0. The van der Waals surface area contributed by atoms with E-state index >= 15 is 0 Å². The number of nitrogens with zero attached hydrogens (tertiary/aromatic N) is 1. The van der Waals surface area contributed by atoms with Crippen LogP contribution >= 0.6 is 31.9 Å². The molecule has 0 radical (unpaired) electrons. The average Bonchev–Trinajstić information content (AvgIpc) is 3.32. The summed E-state index contributed by atoms with van der Waals surface area (Å²) >= 11 is 7.38. The van der Waals surface area contributed by atoms with Crippen molar-refractivity contribution in [1.29, 1.82) is 0 Å². The summed E-state index contributed by atoms with van der Waals surface area (Å²) in [6, 6.07) is 12.6. The van der Waals surface area contributed by atoms with E-state index in [2.05, 4.69) is 37.2 Å². The lowest BCUT2D eigenvalue weighted by Gasteiger charge is -2.28.